The molecule has 2 aromatic heterocycles. The number of likely N-dealkylation sites (tertiary alicyclic amines) is 1. The fraction of sp³-hybridized carbons (Fsp3) is 0.444. The molecule has 25 heavy (non-hydrogen) atoms. The van der Waals surface area contributed by atoms with E-state index in [1.54, 1.807) is 0 Å². The van der Waals surface area contributed by atoms with E-state index in [2.05, 4.69) is 27.1 Å². The number of para-hydroxylation sites is 1. The molecule has 1 fully saturated rings. The highest BCUT2D eigenvalue weighted by atomic mass is 32.2. The lowest BCUT2D eigenvalue weighted by Gasteiger charge is -2.31. The third kappa shape index (κ3) is 3.20. The summed E-state index contributed by atoms with van der Waals surface area (Å²) in [4.78, 5) is 22.4. The van der Waals surface area contributed by atoms with E-state index < -0.39 is 0 Å². The van der Waals surface area contributed by atoms with E-state index in [1.165, 1.54) is 11.8 Å². The van der Waals surface area contributed by atoms with Crippen LogP contribution in [-0.2, 0) is 4.79 Å². The minimum Gasteiger partial charge on any atom is -0.342 e. The second-order valence-corrected chi connectivity index (χ2v) is 8.04. The zero-order valence-electron chi connectivity index (χ0n) is 14.4. The van der Waals surface area contributed by atoms with Crippen molar-refractivity contribution in [2.24, 2.45) is 5.92 Å². The van der Waals surface area contributed by atoms with Crippen molar-refractivity contribution in [2.45, 2.75) is 37.1 Å². The van der Waals surface area contributed by atoms with Crippen LogP contribution < -0.4 is 0 Å². The van der Waals surface area contributed by atoms with Crippen LogP contribution in [0.15, 0.2) is 29.4 Å². The van der Waals surface area contributed by atoms with Gasteiger partial charge in [0.25, 0.3) is 0 Å². The zero-order valence-corrected chi connectivity index (χ0v) is 15.2. The lowest BCUT2D eigenvalue weighted by atomic mass is 9.99. The van der Waals surface area contributed by atoms with Gasteiger partial charge in [-0.2, -0.15) is 0 Å². The number of fused-ring (bicyclic) bond motifs is 3. The van der Waals surface area contributed by atoms with E-state index in [-0.39, 0.29) is 11.2 Å². The number of thioether (sulfide) groups is 1. The average molecular weight is 355 g/mol. The Kier molecular flexibility index (Phi) is 4.33. The number of hydrogen-bond acceptors (Lipinski definition) is 5. The lowest BCUT2D eigenvalue weighted by Crippen LogP contribution is -2.41. The molecule has 1 aliphatic rings. The fourth-order valence-electron chi connectivity index (χ4n) is 3.25. The van der Waals surface area contributed by atoms with Gasteiger partial charge in [-0.15, -0.1) is 10.2 Å². The van der Waals surface area contributed by atoms with E-state index in [1.807, 2.05) is 36.1 Å². The quantitative estimate of drug-likeness (QED) is 0.730. The Morgan fingerprint density at radius 3 is 2.84 bits per heavy atom. The molecule has 0 aliphatic carbocycles. The maximum Gasteiger partial charge on any atom is 0.235 e. The van der Waals surface area contributed by atoms with Crippen molar-refractivity contribution in [1.29, 1.82) is 0 Å². The van der Waals surface area contributed by atoms with Crippen molar-refractivity contribution in [1.82, 2.24) is 25.1 Å². The molecule has 1 aromatic carbocycles. The zero-order chi connectivity index (χ0) is 17.4. The van der Waals surface area contributed by atoms with Crippen LogP contribution in [0.5, 0.6) is 0 Å². The Bertz CT molecular complexity index is 916. The molecule has 1 N–H and O–H groups in total. The number of nitrogens with zero attached hydrogens (tertiary/aromatic N) is 4. The van der Waals surface area contributed by atoms with E-state index in [0.29, 0.717) is 16.7 Å². The highest BCUT2D eigenvalue weighted by Crippen LogP contribution is 2.26. The van der Waals surface area contributed by atoms with E-state index in [4.69, 9.17) is 0 Å². The Morgan fingerprint density at radius 1 is 1.28 bits per heavy atom. The van der Waals surface area contributed by atoms with E-state index >= 15 is 0 Å². The number of benzene rings is 1. The Balaban J connectivity index is 1.51. The van der Waals surface area contributed by atoms with Gasteiger partial charge in [-0.05, 0) is 31.7 Å². The molecule has 1 amide bonds. The molecule has 130 valence electrons. The molecule has 3 aromatic rings. The van der Waals surface area contributed by atoms with Gasteiger partial charge in [-0.3, -0.25) is 4.79 Å². The summed E-state index contributed by atoms with van der Waals surface area (Å²) in [6.07, 6.45) is 2.17. The van der Waals surface area contributed by atoms with Crippen molar-refractivity contribution in [3.63, 3.8) is 0 Å². The Morgan fingerprint density at radius 2 is 2.04 bits per heavy atom. The normalized spacial score (nSPS) is 17.3. The summed E-state index contributed by atoms with van der Waals surface area (Å²) in [6.45, 7) is 5.87. The highest BCUT2D eigenvalue weighted by Gasteiger charge is 2.26. The summed E-state index contributed by atoms with van der Waals surface area (Å²) in [5.74, 6) is 0.876. The third-order valence-electron chi connectivity index (χ3n) is 4.83. The molecule has 0 saturated carbocycles. The third-order valence-corrected chi connectivity index (χ3v) is 5.77. The van der Waals surface area contributed by atoms with Gasteiger partial charge in [0.15, 0.2) is 5.65 Å². The number of nitrogens with one attached hydrogen (secondary N) is 1. The second-order valence-electron chi connectivity index (χ2n) is 6.73. The summed E-state index contributed by atoms with van der Waals surface area (Å²) in [7, 11) is 0. The summed E-state index contributed by atoms with van der Waals surface area (Å²) in [5.41, 5.74) is 2.47. The first-order chi connectivity index (χ1) is 12.1. The van der Waals surface area contributed by atoms with Crippen LogP contribution in [0, 0.1) is 5.92 Å². The van der Waals surface area contributed by atoms with Gasteiger partial charge in [0.05, 0.1) is 5.25 Å². The van der Waals surface area contributed by atoms with Crippen LogP contribution in [0.1, 0.15) is 26.7 Å². The molecule has 3 heterocycles. The topological polar surface area (TPSA) is 74.8 Å². The maximum absolute atomic E-state index is 12.6. The van der Waals surface area contributed by atoms with Crippen LogP contribution in [0.4, 0.5) is 0 Å². The minimum absolute atomic E-state index is 0.164. The molecule has 0 bridgehead atoms. The van der Waals surface area contributed by atoms with Crippen LogP contribution in [0.2, 0.25) is 0 Å². The number of H-pyrrole nitrogens is 1. The summed E-state index contributed by atoms with van der Waals surface area (Å²) < 4.78 is 0. The van der Waals surface area contributed by atoms with Gasteiger partial charge in [0, 0.05) is 24.0 Å². The molecule has 4 rings (SSSR count). The van der Waals surface area contributed by atoms with E-state index in [9.17, 15) is 4.79 Å². The SMILES string of the molecule is CC1CCN(C(=O)[C@@H](C)Sc2nnc3c(n2)[nH]c2ccccc23)CC1. The van der Waals surface area contributed by atoms with Crippen molar-refractivity contribution in [3.8, 4) is 0 Å². The smallest absolute Gasteiger partial charge is 0.235 e. The summed E-state index contributed by atoms with van der Waals surface area (Å²) in [5, 5.41) is 9.87. The van der Waals surface area contributed by atoms with Crippen LogP contribution in [0.25, 0.3) is 22.1 Å². The van der Waals surface area contributed by atoms with Gasteiger partial charge in [-0.25, -0.2) is 4.98 Å². The number of carbonyl (C=O) groups excluding carboxylic acids is 1. The maximum atomic E-state index is 12.6. The molecule has 6 nitrogen and oxygen atoms in total. The molecule has 0 unspecified atom stereocenters. The first-order valence-corrected chi connectivity index (χ1v) is 9.56. The second kappa shape index (κ2) is 6.63. The van der Waals surface area contributed by atoms with Crippen molar-refractivity contribution in [2.75, 3.05) is 13.1 Å². The van der Waals surface area contributed by atoms with Gasteiger partial charge in [0.1, 0.15) is 5.52 Å². The van der Waals surface area contributed by atoms with Gasteiger partial charge in [-0.1, -0.05) is 36.9 Å². The molecule has 1 aliphatic heterocycles. The predicted octanol–water partition coefficient (Wildman–Crippen LogP) is 3.25. The number of carbonyl (C=O) groups is 1. The predicted molar refractivity (Wildman–Crippen MR) is 99.5 cm³/mol. The number of amides is 1. The van der Waals surface area contributed by atoms with Crippen molar-refractivity contribution < 1.29 is 4.79 Å². The molecule has 1 saturated heterocycles. The first kappa shape index (κ1) is 16.3. The molecule has 1 atom stereocenters. The van der Waals surface area contributed by atoms with Crippen LogP contribution in [-0.4, -0.2) is 49.3 Å². The lowest BCUT2D eigenvalue weighted by molar-refractivity contribution is -0.131. The molecular weight excluding hydrogens is 334 g/mol. The fourth-order valence-corrected chi connectivity index (χ4v) is 4.05. The Labute approximate surface area is 150 Å². The largest absolute Gasteiger partial charge is 0.342 e. The van der Waals surface area contributed by atoms with Crippen molar-refractivity contribution in [3.05, 3.63) is 24.3 Å². The Hall–Kier alpha value is -2.15. The molecular formula is C18H21N5OS. The van der Waals surface area contributed by atoms with Crippen LogP contribution in [0.3, 0.4) is 0 Å². The first-order valence-electron chi connectivity index (χ1n) is 8.68. The van der Waals surface area contributed by atoms with Gasteiger partial charge < -0.3 is 9.88 Å². The molecule has 0 spiro atoms. The molecule has 7 heteroatoms. The van der Waals surface area contributed by atoms with Crippen LogP contribution >= 0.6 is 11.8 Å². The standard InChI is InChI=1S/C18H21N5OS/c1-11-7-9-23(10-8-11)17(24)12(2)25-18-20-16-15(21-22-18)13-5-3-4-6-14(13)19-16/h3-6,11-12H,7-10H2,1-2H3,(H,19,20,22)/t12-/m1/s1. The van der Waals surface area contributed by atoms with Gasteiger partial charge >= 0.3 is 0 Å². The number of piperidine rings is 1. The summed E-state index contributed by atoms with van der Waals surface area (Å²) >= 11 is 1.37. The minimum atomic E-state index is -0.211. The average Bonchev–Trinajstić information content (AvgIpc) is 2.99. The summed E-state index contributed by atoms with van der Waals surface area (Å²) in [6, 6.07) is 7.94. The van der Waals surface area contributed by atoms with Gasteiger partial charge in [0.2, 0.25) is 11.1 Å². The number of hydrogen-bond donors (Lipinski definition) is 1. The van der Waals surface area contributed by atoms with Crippen molar-refractivity contribution >= 4 is 39.7 Å². The monoisotopic (exact) mass is 355 g/mol. The highest BCUT2D eigenvalue weighted by molar-refractivity contribution is 8.00. The number of aromatic amines is 1. The van der Waals surface area contributed by atoms with E-state index in [0.717, 1.165) is 42.4 Å². The molecule has 0 radical (unpaired) electrons. The number of aromatic nitrogens is 4. The number of rotatable bonds is 3.